The number of aromatic nitrogens is 2. The molecular weight excluding hydrogens is 238 g/mol. The Kier molecular flexibility index (Phi) is 3.34. The van der Waals surface area contributed by atoms with Gasteiger partial charge in [0.25, 0.3) is 0 Å². The van der Waals surface area contributed by atoms with Crippen molar-refractivity contribution >= 4 is 0 Å². The van der Waals surface area contributed by atoms with Crippen molar-refractivity contribution in [3.05, 3.63) is 47.3 Å². The topological polar surface area (TPSA) is 46.0 Å². The smallest absolute Gasteiger partial charge is 0.159 e. The normalized spacial score (nSPS) is 12.5. The van der Waals surface area contributed by atoms with Gasteiger partial charge in [-0.15, -0.1) is 0 Å². The second-order valence-corrected chi connectivity index (χ2v) is 4.04. The molecule has 0 amide bonds. The summed E-state index contributed by atoms with van der Waals surface area (Å²) in [5.41, 5.74) is 1.62. The minimum atomic E-state index is -0.937. The molecule has 0 aliphatic carbocycles. The first kappa shape index (κ1) is 12.6. The largest absolute Gasteiger partial charge is 0.389 e. The van der Waals surface area contributed by atoms with Gasteiger partial charge in [0, 0.05) is 23.0 Å². The summed E-state index contributed by atoms with van der Waals surface area (Å²) in [7, 11) is 0. The van der Waals surface area contributed by atoms with Crippen LogP contribution in [-0.4, -0.2) is 15.1 Å². The molecule has 0 saturated carbocycles. The maximum atomic E-state index is 13.1. The van der Waals surface area contributed by atoms with Gasteiger partial charge in [0.15, 0.2) is 17.5 Å². The van der Waals surface area contributed by atoms with Crippen molar-refractivity contribution in [2.75, 3.05) is 0 Å². The Bertz CT molecular complexity index is 585. The molecule has 0 bridgehead atoms. The molecule has 1 aromatic heterocycles. The molecule has 2 rings (SSSR count). The molecule has 0 aliphatic heterocycles. The highest BCUT2D eigenvalue weighted by Gasteiger charge is 2.11. The van der Waals surface area contributed by atoms with Crippen molar-refractivity contribution < 1.29 is 13.9 Å². The summed E-state index contributed by atoms with van der Waals surface area (Å²) in [4.78, 5) is 8.22. The van der Waals surface area contributed by atoms with Gasteiger partial charge in [-0.2, -0.15) is 0 Å². The van der Waals surface area contributed by atoms with Crippen LogP contribution in [-0.2, 0) is 0 Å². The predicted molar refractivity (Wildman–Crippen MR) is 62.8 cm³/mol. The molecule has 5 heteroatoms. The van der Waals surface area contributed by atoms with Crippen LogP contribution in [0, 0.1) is 18.6 Å². The van der Waals surface area contributed by atoms with Crippen molar-refractivity contribution in [3.63, 3.8) is 0 Å². The van der Waals surface area contributed by atoms with Crippen LogP contribution in [0.1, 0.15) is 24.3 Å². The first-order chi connectivity index (χ1) is 8.49. The molecule has 1 atom stereocenters. The van der Waals surface area contributed by atoms with Gasteiger partial charge in [-0.05, 0) is 32.0 Å². The van der Waals surface area contributed by atoms with E-state index in [1.165, 1.54) is 12.3 Å². The second-order valence-electron chi connectivity index (χ2n) is 4.04. The van der Waals surface area contributed by atoms with E-state index in [4.69, 9.17) is 0 Å². The molecule has 94 valence electrons. The molecule has 0 spiro atoms. The van der Waals surface area contributed by atoms with Crippen molar-refractivity contribution in [2.24, 2.45) is 0 Å². The lowest BCUT2D eigenvalue weighted by atomic mass is 10.1. The number of aliphatic hydroxyl groups excluding tert-OH is 1. The van der Waals surface area contributed by atoms with Crippen LogP contribution < -0.4 is 0 Å². The van der Waals surface area contributed by atoms with Gasteiger partial charge in [0.2, 0.25) is 0 Å². The summed E-state index contributed by atoms with van der Waals surface area (Å²) in [5, 5.41) is 9.46. The molecule has 1 N–H and O–H groups in total. The van der Waals surface area contributed by atoms with Crippen LogP contribution in [0.2, 0.25) is 0 Å². The first-order valence-electron chi connectivity index (χ1n) is 5.46. The van der Waals surface area contributed by atoms with Crippen LogP contribution >= 0.6 is 0 Å². The molecule has 0 aliphatic rings. The summed E-state index contributed by atoms with van der Waals surface area (Å²) in [5.74, 6) is -1.54. The van der Waals surface area contributed by atoms with Crippen molar-refractivity contribution in [1.82, 2.24) is 9.97 Å². The number of benzene rings is 1. The minimum absolute atomic E-state index is 0.302. The van der Waals surface area contributed by atoms with E-state index in [0.29, 0.717) is 22.6 Å². The molecule has 2 aromatic rings. The summed E-state index contributed by atoms with van der Waals surface area (Å²) in [6, 6.07) is 3.49. The first-order valence-corrected chi connectivity index (χ1v) is 5.46. The van der Waals surface area contributed by atoms with Crippen LogP contribution in [0.3, 0.4) is 0 Å². The molecule has 1 unspecified atom stereocenters. The third-order valence-electron chi connectivity index (χ3n) is 2.65. The summed E-state index contributed by atoms with van der Waals surface area (Å²) in [6.07, 6.45) is 0.827. The van der Waals surface area contributed by atoms with Crippen molar-refractivity contribution in [1.29, 1.82) is 0 Å². The fraction of sp³-hybridized carbons (Fsp3) is 0.231. The number of hydrogen-bond acceptors (Lipinski definition) is 3. The Morgan fingerprint density at radius 3 is 2.50 bits per heavy atom. The zero-order chi connectivity index (χ0) is 13.3. The van der Waals surface area contributed by atoms with E-state index in [0.717, 1.165) is 12.1 Å². The average molecular weight is 250 g/mol. The SMILES string of the molecule is Cc1nc(-c2ccc(F)c(F)c2)ncc1C(C)O. The Hall–Kier alpha value is -1.88. The van der Waals surface area contributed by atoms with E-state index in [-0.39, 0.29) is 0 Å². The maximum Gasteiger partial charge on any atom is 0.159 e. The van der Waals surface area contributed by atoms with Crippen LogP contribution in [0.5, 0.6) is 0 Å². The van der Waals surface area contributed by atoms with Gasteiger partial charge in [-0.1, -0.05) is 0 Å². The molecule has 0 saturated heterocycles. The van der Waals surface area contributed by atoms with Crippen LogP contribution in [0.4, 0.5) is 8.78 Å². The van der Waals surface area contributed by atoms with Gasteiger partial charge >= 0.3 is 0 Å². The molecule has 0 fully saturated rings. The van der Waals surface area contributed by atoms with E-state index < -0.39 is 17.7 Å². The summed E-state index contributed by atoms with van der Waals surface area (Å²) >= 11 is 0. The third-order valence-corrected chi connectivity index (χ3v) is 2.65. The molecule has 1 heterocycles. The molecular formula is C13H12F2N2O. The number of aryl methyl sites for hydroxylation is 1. The Morgan fingerprint density at radius 2 is 1.94 bits per heavy atom. The molecule has 18 heavy (non-hydrogen) atoms. The average Bonchev–Trinajstić information content (AvgIpc) is 2.32. The van der Waals surface area contributed by atoms with E-state index in [2.05, 4.69) is 9.97 Å². The molecule has 1 aromatic carbocycles. The van der Waals surface area contributed by atoms with Gasteiger partial charge in [0.1, 0.15) is 0 Å². The number of halogens is 2. The fourth-order valence-electron chi connectivity index (χ4n) is 1.66. The molecule has 0 radical (unpaired) electrons. The molecule has 3 nitrogen and oxygen atoms in total. The second kappa shape index (κ2) is 4.78. The van der Waals surface area contributed by atoms with Crippen molar-refractivity contribution in [2.45, 2.75) is 20.0 Å². The van der Waals surface area contributed by atoms with Gasteiger partial charge in [-0.3, -0.25) is 0 Å². The highest BCUT2D eigenvalue weighted by atomic mass is 19.2. The van der Waals surface area contributed by atoms with Gasteiger partial charge in [0.05, 0.1) is 6.10 Å². The summed E-state index contributed by atoms with van der Waals surface area (Å²) in [6.45, 7) is 3.34. The van der Waals surface area contributed by atoms with Crippen LogP contribution in [0.15, 0.2) is 24.4 Å². The lowest BCUT2D eigenvalue weighted by Crippen LogP contribution is -2.01. The fourth-order valence-corrected chi connectivity index (χ4v) is 1.66. The van der Waals surface area contributed by atoms with Crippen molar-refractivity contribution in [3.8, 4) is 11.4 Å². The summed E-state index contributed by atoms with van der Waals surface area (Å²) < 4.78 is 25.9. The number of rotatable bonds is 2. The van der Waals surface area contributed by atoms with Gasteiger partial charge in [-0.25, -0.2) is 18.7 Å². The zero-order valence-corrected chi connectivity index (χ0v) is 9.98. The van der Waals surface area contributed by atoms with E-state index in [1.807, 2.05) is 0 Å². The van der Waals surface area contributed by atoms with E-state index >= 15 is 0 Å². The zero-order valence-electron chi connectivity index (χ0n) is 9.98. The third kappa shape index (κ3) is 2.36. The maximum absolute atomic E-state index is 13.1. The quantitative estimate of drug-likeness (QED) is 0.891. The monoisotopic (exact) mass is 250 g/mol. The number of nitrogens with zero attached hydrogens (tertiary/aromatic N) is 2. The minimum Gasteiger partial charge on any atom is -0.389 e. The lowest BCUT2D eigenvalue weighted by Gasteiger charge is -2.09. The van der Waals surface area contributed by atoms with Crippen LogP contribution in [0.25, 0.3) is 11.4 Å². The number of hydrogen-bond donors (Lipinski definition) is 1. The highest BCUT2D eigenvalue weighted by Crippen LogP contribution is 2.21. The lowest BCUT2D eigenvalue weighted by molar-refractivity contribution is 0.197. The highest BCUT2D eigenvalue weighted by molar-refractivity contribution is 5.55. The Morgan fingerprint density at radius 1 is 1.22 bits per heavy atom. The number of aliphatic hydroxyl groups is 1. The van der Waals surface area contributed by atoms with E-state index in [9.17, 15) is 13.9 Å². The van der Waals surface area contributed by atoms with Gasteiger partial charge < -0.3 is 5.11 Å². The Balaban J connectivity index is 2.45. The van der Waals surface area contributed by atoms with E-state index in [1.54, 1.807) is 13.8 Å². The predicted octanol–water partition coefficient (Wildman–Crippen LogP) is 2.78. The standard InChI is InChI=1S/C13H12F2N2O/c1-7-10(8(2)18)6-16-13(17-7)9-3-4-11(14)12(15)5-9/h3-6,8,18H,1-2H3. The Labute approximate surface area is 103 Å².